The van der Waals surface area contributed by atoms with Crippen LogP contribution in [0.5, 0.6) is 0 Å². The van der Waals surface area contributed by atoms with Crippen LogP contribution in [0.2, 0.25) is 0 Å². The summed E-state index contributed by atoms with van der Waals surface area (Å²) in [6, 6.07) is 13.1. The van der Waals surface area contributed by atoms with Crippen molar-refractivity contribution in [2.24, 2.45) is 0 Å². The maximum atomic E-state index is 14.3. The number of rotatable bonds is 3. The van der Waals surface area contributed by atoms with Crippen molar-refractivity contribution in [1.82, 2.24) is 0 Å². The van der Waals surface area contributed by atoms with Crippen molar-refractivity contribution >= 4 is 5.69 Å². The summed E-state index contributed by atoms with van der Waals surface area (Å²) in [5, 5.41) is 3.46. The Morgan fingerprint density at radius 3 is 2.79 bits per heavy atom. The lowest BCUT2D eigenvalue weighted by molar-refractivity contribution is 0.0365. The average Bonchev–Trinajstić information content (AvgIpc) is 3.10. The second-order valence-electron chi connectivity index (χ2n) is 6.64. The van der Waals surface area contributed by atoms with Gasteiger partial charge in [-0.1, -0.05) is 44.2 Å². The molecule has 24 heavy (non-hydrogen) atoms. The Bertz CT molecular complexity index is 748. The van der Waals surface area contributed by atoms with Gasteiger partial charge in [0.05, 0.1) is 6.04 Å². The summed E-state index contributed by atoms with van der Waals surface area (Å²) in [6.07, 6.45) is 0.714. The second kappa shape index (κ2) is 6.19. The second-order valence-corrected chi connectivity index (χ2v) is 6.64. The minimum Gasteiger partial charge on any atom is -0.375 e. The summed E-state index contributed by atoms with van der Waals surface area (Å²) in [4.78, 5) is 0. The molecule has 4 rings (SSSR count). The van der Waals surface area contributed by atoms with Crippen LogP contribution in [-0.2, 0) is 9.47 Å². The summed E-state index contributed by atoms with van der Waals surface area (Å²) in [5.74, 6) is 0.282. The van der Waals surface area contributed by atoms with Gasteiger partial charge in [-0.15, -0.1) is 0 Å². The topological polar surface area (TPSA) is 30.5 Å². The number of ether oxygens (including phenoxy) is 2. The zero-order valence-electron chi connectivity index (χ0n) is 14.0. The predicted octanol–water partition coefficient (Wildman–Crippen LogP) is 4.92. The molecule has 0 amide bonds. The number of fused-ring (bicyclic) bond motifs is 3. The van der Waals surface area contributed by atoms with Gasteiger partial charge in [-0.25, -0.2) is 4.39 Å². The Labute approximate surface area is 141 Å². The molecule has 4 heteroatoms. The molecule has 2 heterocycles. The van der Waals surface area contributed by atoms with Crippen LogP contribution >= 0.6 is 0 Å². The molecule has 1 saturated heterocycles. The summed E-state index contributed by atoms with van der Waals surface area (Å²) in [5.41, 5.74) is 4.04. The number of nitrogens with one attached hydrogen (secondary N) is 1. The van der Waals surface area contributed by atoms with Gasteiger partial charge >= 0.3 is 0 Å². The molecule has 4 unspecified atom stereocenters. The molecule has 0 spiro atoms. The molecule has 1 N–H and O–H groups in total. The highest BCUT2D eigenvalue weighted by atomic mass is 19.1. The number of benzene rings is 2. The Balaban J connectivity index is 1.75. The summed E-state index contributed by atoms with van der Waals surface area (Å²) in [7, 11) is 0. The van der Waals surface area contributed by atoms with Crippen LogP contribution in [-0.4, -0.2) is 12.9 Å². The summed E-state index contributed by atoms with van der Waals surface area (Å²) in [6.45, 7) is 4.66. The van der Waals surface area contributed by atoms with Gasteiger partial charge in [-0.05, 0) is 30.0 Å². The predicted molar refractivity (Wildman–Crippen MR) is 91.5 cm³/mol. The Hall–Kier alpha value is -1.91. The summed E-state index contributed by atoms with van der Waals surface area (Å²) >= 11 is 0. The third-order valence-corrected chi connectivity index (χ3v) is 5.25. The third kappa shape index (κ3) is 2.50. The minimum atomic E-state index is -0.249. The maximum Gasteiger partial charge on any atom is 0.148 e. The van der Waals surface area contributed by atoms with Gasteiger partial charge in [0.25, 0.3) is 0 Å². The largest absolute Gasteiger partial charge is 0.375 e. The standard InChI is InChI=1S/C20H22FNO2/c1-3-12(2)13-8-9-17-15(10-13)19-20(24-11-23-19)18(22-17)14-6-4-5-7-16(14)21/h4-10,12,18-20,22H,3,11H2,1-2H3. The van der Waals surface area contributed by atoms with Crippen molar-refractivity contribution in [3.05, 3.63) is 65.0 Å². The highest BCUT2D eigenvalue weighted by molar-refractivity contribution is 5.59. The number of hydrogen-bond acceptors (Lipinski definition) is 3. The monoisotopic (exact) mass is 327 g/mol. The molecule has 2 aromatic rings. The van der Waals surface area contributed by atoms with E-state index in [9.17, 15) is 4.39 Å². The molecule has 0 bridgehead atoms. The van der Waals surface area contributed by atoms with Crippen LogP contribution in [0, 0.1) is 5.82 Å². The zero-order chi connectivity index (χ0) is 16.7. The number of halogens is 1. The third-order valence-electron chi connectivity index (χ3n) is 5.25. The minimum absolute atomic E-state index is 0.158. The molecule has 2 aromatic carbocycles. The highest BCUT2D eigenvalue weighted by Gasteiger charge is 2.43. The van der Waals surface area contributed by atoms with Crippen molar-refractivity contribution < 1.29 is 13.9 Å². The van der Waals surface area contributed by atoms with E-state index in [1.807, 2.05) is 12.1 Å². The summed E-state index contributed by atoms with van der Waals surface area (Å²) < 4.78 is 26.0. The number of anilines is 1. The SMILES string of the molecule is CCC(C)c1ccc2c(c1)C1OCOC1C(c1ccccc1F)N2. The lowest BCUT2D eigenvalue weighted by Crippen LogP contribution is -2.35. The zero-order valence-corrected chi connectivity index (χ0v) is 14.0. The van der Waals surface area contributed by atoms with Gasteiger partial charge in [0.2, 0.25) is 0 Å². The Morgan fingerprint density at radius 2 is 2.00 bits per heavy atom. The van der Waals surface area contributed by atoms with Crippen LogP contribution in [0.25, 0.3) is 0 Å². The first-order chi connectivity index (χ1) is 11.7. The van der Waals surface area contributed by atoms with Crippen LogP contribution in [0.3, 0.4) is 0 Å². The van der Waals surface area contributed by atoms with E-state index in [0.717, 1.165) is 17.7 Å². The fourth-order valence-corrected chi connectivity index (χ4v) is 3.63. The van der Waals surface area contributed by atoms with E-state index in [1.54, 1.807) is 6.07 Å². The van der Waals surface area contributed by atoms with Crippen LogP contribution in [0.4, 0.5) is 10.1 Å². The smallest absolute Gasteiger partial charge is 0.148 e. The molecule has 2 aliphatic heterocycles. The van der Waals surface area contributed by atoms with Gasteiger partial charge in [0, 0.05) is 16.8 Å². The van der Waals surface area contributed by atoms with Crippen molar-refractivity contribution in [2.45, 2.75) is 44.4 Å². The molecule has 3 nitrogen and oxygen atoms in total. The lowest BCUT2D eigenvalue weighted by Gasteiger charge is -2.35. The quantitative estimate of drug-likeness (QED) is 0.868. The first-order valence-corrected chi connectivity index (χ1v) is 8.57. The fourth-order valence-electron chi connectivity index (χ4n) is 3.63. The van der Waals surface area contributed by atoms with E-state index in [0.29, 0.717) is 11.5 Å². The fraction of sp³-hybridized carbons (Fsp3) is 0.400. The van der Waals surface area contributed by atoms with E-state index < -0.39 is 0 Å². The van der Waals surface area contributed by atoms with Crippen molar-refractivity contribution in [2.75, 3.05) is 12.1 Å². The maximum absolute atomic E-state index is 14.3. The van der Waals surface area contributed by atoms with Crippen molar-refractivity contribution in [3.63, 3.8) is 0 Å². The van der Waals surface area contributed by atoms with Gasteiger partial charge in [0.15, 0.2) is 0 Å². The van der Waals surface area contributed by atoms with Gasteiger partial charge in [0.1, 0.15) is 24.8 Å². The van der Waals surface area contributed by atoms with Crippen LogP contribution in [0.15, 0.2) is 42.5 Å². The van der Waals surface area contributed by atoms with E-state index in [-0.39, 0.29) is 30.9 Å². The van der Waals surface area contributed by atoms with Crippen LogP contribution < -0.4 is 5.32 Å². The molecule has 4 atom stereocenters. The average molecular weight is 327 g/mol. The van der Waals surface area contributed by atoms with Gasteiger partial charge in [-0.3, -0.25) is 0 Å². The molecular formula is C20H22FNO2. The van der Waals surface area contributed by atoms with E-state index in [1.165, 1.54) is 11.6 Å². The molecule has 0 aliphatic carbocycles. The molecule has 0 radical (unpaired) electrons. The number of hydrogen-bond donors (Lipinski definition) is 1. The van der Waals surface area contributed by atoms with E-state index >= 15 is 0 Å². The lowest BCUT2D eigenvalue weighted by atomic mass is 9.86. The molecule has 1 fully saturated rings. The van der Waals surface area contributed by atoms with Gasteiger partial charge < -0.3 is 14.8 Å². The first-order valence-electron chi connectivity index (χ1n) is 8.57. The normalized spacial score (nSPS) is 26.4. The van der Waals surface area contributed by atoms with Gasteiger partial charge in [-0.2, -0.15) is 0 Å². The molecule has 2 aliphatic rings. The molecular weight excluding hydrogens is 305 g/mol. The van der Waals surface area contributed by atoms with E-state index in [4.69, 9.17) is 9.47 Å². The first kappa shape index (κ1) is 15.6. The highest BCUT2D eigenvalue weighted by Crippen LogP contribution is 2.46. The Kier molecular flexibility index (Phi) is 4.02. The van der Waals surface area contributed by atoms with Crippen molar-refractivity contribution in [3.8, 4) is 0 Å². The molecule has 0 aromatic heterocycles. The Morgan fingerprint density at radius 1 is 1.17 bits per heavy atom. The van der Waals surface area contributed by atoms with Crippen molar-refractivity contribution in [1.29, 1.82) is 0 Å². The van der Waals surface area contributed by atoms with Crippen LogP contribution in [0.1, 0.15) is 55.0 Å². The molecule has 0 saturated carbocycles. The van der Waals surface area contributed by atoms with E-state index in [2.05, 4.69) is 37.4 Å². The molecule has 126 valence electrons.